The largest absolute Gasteiger partial charge is 0.497 e. The van der Waals surface area contributed by atoms with Crippen LogP contribution in [0.4, 0.5) is 0 Å². The lowest BCUT2D eigenvalue weighted by molar-refractivity contribution is 0.0941. The molecule has 0 spiro atoms. The average molecular weight is 377 g/mol. The zero-order valence-electron chi connectivity index (χ0n) is 17.1. The molecule has 3 aromatic rings. The van der Waals surface area contributed by atoms with Crippen LogP contribution in [0.15, 0.2) is 48.5 Å². The molecule has 5 nitrogen and oxygen atoms in total. The van der Waals surface area contributed by atoms with Crippen molar-refractivity contribution in [1.29, 1.82) is 0 Å². The van der Waals surface area contributed by atoms with Gasteiger partial charge in [-0.15, -0.1) is 0 Å². The lowest BCUT2D eigenvalue weighted by Gasteiger charge is -2.10. The van der Waals surface area contributed by atoms with E-state index in [0.717, 1.165) is 22.7 Å². The molecular weight excluding hydrogens is 350 g/mol. The predicted octanol–water partition coefficient (Wildman–Crippen LogP) is 4.55. The maximum Gasteiger partial charge on any atom is 0.270 e. The summed E-state index contributed by atoms with van der Waals surface area (Å²) in [6.45, 7) is 8.92. The molecule has 28 heavy (non-hydrogen) atoms. The molecule has 0 bridgehead atoms. The van der Waals surface area contributed by atoms with Gasteiger partial charge in [-0.1, -0.05) is 26.0 Å². The van der Waals surface area contributed by atoms with Crippen molar-refractivity contribution in [2.75, 3.05) is 13.7 Å². The third-order valence-corrected chi connectivity index (χ3v) is 4.73. The first-order valence-electron chi connectivity index (χ1n) is 9.49. The molecule has 0 saturated carbocycles. The number of carbonyl (C=O) groups excluding carboxylic acids is 1. The summed E-state index contributed by atoms with van der Waals surface area (Å²) < 4.78 is 6.93. The molecular formula is C23H27N3O2. The van der Waals surface area contributed by atoms with Crippen molar-refractivity contribution in [2.24, 2.45) is 5.92 Å². The summed E-state index contributed by atoms with van der Waals surface area (Å²) in [4.78, 5) is 12.8. The van der Waals surface area contributed by atoms with E-state index < -0.39 is 0 Å². The van der Waals surface area contributed by atoms with Crippen LogP contribution < -0.4 is 10.1 Å². The quantitative estimate of drug-likeness (QED) is 0.686. The van der Waals surface area contributed by atoms with Crippen LogP contribution in [0.3, 0.4) is 0 Å². The first kappa shape index (κ1) is 19.7. The molecule has 0 fully saturated rings. The monoisotopic (exact) mass is 377 g/mol. The molecule has 146 valence electrons. The second kappa shape index (κ2) is 8.30. The molecule has 5 heteroatoms. The van der Waals surface area contributed by atoms with E-state index in [4.69, 9.17) is 9.84 Å². The number of nitrogens with zero attached hydrogens (tertiary/aromatic N) is 2. The van der Waals surface area contributed by atoms with Crippen LogP contribution in [0.25, 0.3) is 16.9 Å². The van der Waals surface area contributed by atoms with Crippen molar-refractivity contribution in [3.8, 4) is 22.7 Å². The summed E-state index contributed by atoms with van der Waals surface area (Å²) in [5, 5.41) is 7.73. The van der Waals surface area contributed by atoms with E-state index in [2.05, 4.69) is 45.1 Å². The van der Waals surface area contributed by atoms with E-state index in [9.17, 15) is 4.79 Å². The van der Waals surface area contributed by atoms with Gasteiger partial charge in [-0.25, -0.2) is 4.68 Å². The van der Waals surface area contributed by atoms with Crippen molar-refractivity contribution >= 4 is 5.91 Å². The summed E-state index contributed by atoms with van der Waals surface area (Å²) in [6.07, 6.45) is 0. The Morgan fingerprint density at radius 3 is 2.39 bits per heavy atom. The van der Waals surface area contributed by atoms with Crippen LogP contribution in [-0.4, -0.2) is 29.3 Å². The summed E-state index contributed by atoms with van der Waals surface area (Å²) in [5.74, 6) is 1.00. The summed E-state index contributed by atoms with van der Waals surface area (Å²) >= 11 is 0. The smallest absolute Gasteiger partial charge is 0.270 e. The van der Waals surface area contributed by atoms with Gasteiger partial charge in [0.15, 0.2) is 0 Å². The Labute approximate surface area is 166 Å². The van der Waals surface area contributed by atoms with Gasteiger partial charge in [0.05, 0.1) is 18.5 Å². The highest BCUT2D eigenvalue weighted by Gasteiger charge is 2.18. The molecule has 0 radical (unpaired) electrons. The van der Waals surface area contributed by atoms with Crippen molar-refractivity contribution in [2.45, 2.75) is 27.7 Å². The van der Waals surface area contributed by atoms with Gasteiger partial charge in [-0.2, -0.15) is 5.10 Å². The lowest BCUT2D eigenvalue weighted by Crippen LogP contribution is -2.29. The fourth-order valence-corrected chi connectivity index (χ4v) is 2.89. The number of rotatable bonds is 6. The lowest BCUT2D eigenvalue weighted by atomic mass is 10.0. The SMILES string of the molecule is COc1ccc(-n2nc(-c3ccc(C)c(C)c3)cc2C(=O)NCC(C)C)cc1. The standard InChI is InChI=1S/C23H27N3O2/c1-15(2)14-24-23(27)22-13-21(18-7-6-16(3)17(4)12-18)25-26(22)19-8-10-20(28-5)11-9-19/h6-13,15H,14H2,1-5H3,(H,24,27). The summed E-state index contributed by atoms with van der Waals surface area (Å²) in [7, 11) is 1.63. The van der Waals surface area contributed by atoms with E-state index in [0.29, 0.717) is 18.2 Å². The molecule has 1 amide bonds. The van der Waals surface area contributed by atoms with Crippen molar-refractivity contribution in [3.05, 3.63) is 65.4 Å². The molecule has 1 aromatic heterocycles. The predicted molar refractivity (Wildman–Crippen MR) is 112 cm³/mol. The average Bonchev–Trinajstić information content (AvgIpc) is 3.13. The van der Waals surface area contributed by atoms with Crippen molar-refractivity contribution in [1.82, 2.24) is 15.1 Å². The molecule has 3 rings (SSSR count). The molecule has 0 aliphatic rings. The van der Waals surface area contributed by atoms with Gasteiger partial charge in [0, 0.05) is 12.1 Å². The fraction of sp³-hybridized carbons (Fsp3) is 0.304. The summed E-state index contributed by atoms with van der Waals surface area (Å²) in [6, 6.07) is 15.6. The van der Waals surface area contributed by atoms with Gasteiger partial charge < -0.3 is 10.1 Å². The van der Waals surface area contributed by atoms with Crippen molar-refractivity contribution in [3.63, 3.8) is 0 Å². The van der Waals surface area contributed by atoms with E-state index in [1.807, 2.05) is 36.4 Å². The Balaban J connectivity index is 2.05. The molecule has 0 atom stereocenters. The number of benzene rings is 2. The maximum atomic E-state index is 12.8. The minimum atomic E-state index is -0.132. The van der Waals surface area contributed by atoms with E-state index in [1.54, 1.807) is 11.8 Å². The first-order chi connectivity index (χ1) is 13.4. The highest BCUT2D eigenvalue weighted by atomic mass is 16.5. The Kier molecular flexibility index (Phi) is 5.83. The number of carbonyl (C=O) groups is 1. The number of nitrogens with one attached hydrogen (secondary N) is 1. The molecule has 1 heterocycles. The third kappa shape index (κ3) is 4.25. The molecule has 0 unspecified atom stereocenters. The second-order valence-electron chi connectivity index (χ2n) is 7.43. The van der Waals surface area contributed by atoms with Gasteiger partial charge in [0.1, 0.15) is 11.4 Å². The zero-order chi connectivity index (χ0) is 20.3. The topological polar surface area (TPSA) is 56.2 Å². The van der Waals surface area contributed by atoms with Crippen LogP contribution >= 0.6 is 0 Å². The van der Waals surface area contributed by atoms with Crippen LogP contribution in [0.5, 0.6) is 5.75 Å². The number of aryl methyl sites for hydroxylation is 2. The zero-order valence-corrected chi connectivity index (χ0v) is 17.1. The number of aromatic nitrogens is 2. The number of hydrogen-bond donors (Lipinski definition) is 1. The Morgan fingerprint density at radius 2 is 1.79 bits per heavy atom. The first-order valence-corrected chi connectivity index (χ1v) is 9.49. The van der Waals surface area contributed by atoms with Gasteiger partial charge in [0.2, 0.25) is 0 Å². The molecule has 0 aliphatic heterocycles. The van der Waals surface area contributed by atoms with Gasteiger partial charge in [-0.05, 0) is 67.3 Å². The van der Waals surface area contributed by atoms with Crippen molar-refractivity contribution < 1.29 is 9.53 Å². The number of ether oxygens (including phenoxy) is 1. The minimum Gasteiger partial charge on any atom is -0.497 e. The van der Waals surface area contributed by atoms with Crippen LogP contribution in [0.2, 0.25) is 0 Å². The van der Waals surface area contributed by atoms with Crippen LogP contribution in [-0.2, 0) is 0 Å². The highest BCUT2D eigenvalue weighted by molar-refractivity contribution is 5.94. The number of methoxy groups -OCH3 is 1. The summed E-state index contributed by atoms with van der Waals surface area (Å²) in [5.41, 5.74) is 5.52. The number of hydrogen-bond acceptors (Lipinski definition) is 3. The molecule has 0 aliphatic carbocycles. The van der Waals surface area contributed by atoms with E-state index >= 15 is 0 Å². The highest BCUT2D eigenvalue weighted by Crippen LogP contribution is 2.25. The maximum absolute atomic E-state index is 12.8. The van der Waals surface area contributed by atoms with E-state index in [1.165, 1.54) is 11.1 Å². The van der Waals surface area contributed by atoms with Gasteiger partial charge >= 0.3 is 0 Å². The normalized spacial score (nSPS) is 10.9. The van der Waals surface area contributed by atoms with E-state index in [-0.39, 0.29) is 5.91 Å². The molecule has 1 N–H and O–H groups in total. The molecule has 2 aromatic carbocycles. The number of amides is 1. The molecule has 0 saturated heterocycles. The van der Waals surface area contributed by atoms with Gasteiger partial charge in [0.25, 0.3) is 5.91 Å². The van der Waals surface area contributed by atoms with Gasteiger partial charge in [-0.3, -0.25) is 4.79 Å². The Morgan fingerprint density at radius 1 is 1.07 bits per heavy atom. The third-order valence-electron chi connectivity index (χ3n) is 4.73. The minimum absolute atomic E-state index is 0.132. The fourth-order valence-electron chi connectivity index (χ4n) is 2.89. The van der Waals surface area contributed by atoms with Crippen LogP contribution in [0, 0.1) is 19.8 Å². The Hall–Kier alpha value is -3.08. The van der Waals surface area contributed by atoms with Crippen LogP contribution in [0.1, 0.15) is 35.5 Å². The second-order valence-corrected chi connectivity index (χ2v) is 7.43. The Bertz CT molecular complexity index is 972.